The van der Waals surface area contributed by atoms with Gasteiger partial charge in [0.05, 0.1) is 6.26 Å². The number of rotatable bonds is 11. The minimum atomic E-state index is 0. The van der Waals surface area contributed by atoms with Gasteiger partial charge in [0.25, 0.3) is 0 Å². The van der Waals surface area contributed by atoms with Crippen molar-refractivity contribution in [3.63, 3.8) is 0 Å². The molecule has 128 valence electrons. The number of furan rings is 1. The van der Waals surface area contributed by atoms with Crippen molar-refractivity contribution in [2.24, 2.45) is 4.99 Å². The first kappa shape index (κ1) is 21.2. The fraction of sp³-hybridized carbons (Fsp3) is 0.688. The maximum Gasteiger partial charge on any atom is 0.191 e. The molecule has 1 aromatic rings. The summed E-state index contributed by atoms with van der Waals surface area (Å²) < 4.78 is 5.31. The van der Waals surface area contributed by atoms with Gasteiger partial charge in [-0.1, -0.05) is 19.8 Å². The second-order valence-corrected chi connectivity index (χ2v) is 5.05. The Kier molecular flexibility index (Phi) is 14.6. The summed E-state index contributed by atoms with van der Waals surface area (Å²) in [5.74, 6) is 1.87. The van der Waals surface area contributed by atoms with Crippen LogP contribution >= 0.6 is 24.0 Å². The number of nitrogens with one attached hydrogen (secondary N) is 2. The van der Waals surface area contributed by atoms with Crippen LogP contribution in [0.25, 0.3) is 0 Å². The van der Waals surface area contributed by atoms with Gasteiger partial charge >= 0.3 is 0 Å². The molecule has 0 spiro atoms. The minimum absolute atomic E-state index is 0. The third-order valence-corrected chi connectivity index (χ3v) is 3.11. The molecule has 3 N–H and O–H groups in total. The van der Waals surface area contributed by atoms with Crippen LogP contribution in [0.2, 0.25) is 0 Å². The van der Waals surface area contributed by atoms with E-state index < -0.39 is 0 Å². The highest BCUT2D eigenvalue weighted by atomic mass is 127. The molecule has 0 aliphatic rings. The Bertz CT molecular complexity index is 369. The molecule has 0 unspecified atom stereocenters. The van der Waals surface area contributed by atoms with Crippen molar-refractivity contribution in [3.8, 4) is 0 Å². The van der Waals surface area contributed by atoms with Crippen molar-refractivity contribution in [1.29, 1.82) is 0 Å². The molecular weight excluding hydrogens is 393 g/mol. The SMILES string of the molecule is CCCN=C(NCCCCCCO)NCCc1ccco1.I. The first-order valence-corrected chi connectivity index (χ1v) is 8.02. The Morgan fingerprint density at radius 3 is 2.64 bits per heavy atom. The van der Waals surface area contributed by atoms with Gasteiger partial charge in [0, 0.05) is 32.7 Å². The van der Waals surface area contributed by atoms with E-state index in [1.165, 1.54) is 0 Å². The number of aliphatic hydroxyl groups excluding tert-OH is 1. The minimum Gasteiger partial charge on any atom is -0.469 e. The number of aliphatic imine (C=N–C) groups is 1. The summed E-state index contributed by atoms with van der Waals surface area (Å²) >= 11 is 0. The summed E-state index contributed by atoms with van der Waals surface area (Å²) in [5.41, 5.74) is 0. The van der Waals surface area contributed by atoms with Crippen LogP contribution in [-0.2, 0) is 6.42 Å². The fourth-order valence-electron chi connectivity index (χ4n) is 1.95. The number of aliphatic hydroxyl groups is 1. The van der Waals surface area contributed by atoms with Gasteiger partial charge in [0.1, 0.15) is 5.76 Å². The predicted molar refractivity (Wildman–Crippen MR) is 102 cm³/mol. The predicted octanol–water partition coefficient (Wildman–Crippen LogP) is 2.94. The van der Waals surface area contributed by atoms with E-state index in [0.29, 0.717) is 6.61 Å². The van der Waals surface area contributed by atoms with Crippen molar-refractivity contribution in [3.05, 3.63) is 24.2 Å². The zero-order chi connectivity index (χ0) is 15.2. The van der Waals surface area contributed by atoms with E-state index in [2.05, 4.69) is 22.5 Å². The summed E-state index contributed by atoms with van der Waals surface area (Å²) in [7, 11) is 0. The van der Waals surface area contributed by atoms with Crippen molar-refractivity contribution < 1.29 is 9.52 Å². The van der Waals surface area contributed by atoms with E-state index in [1.54, 1.807) is 6.26 Å². The number of guanidine groups is 1. The first-order chi connectivity index (χ1) is 10.4. The second kappa shape index (κ2) is 15.1. The normalized spacial score (nSPS) is 11.1. The van der Waals surface area contributed by atoms with Gasteiger partial charge in [0.2, 0.25) is 0 Å². The Labute approximate surface area is 151 Å². The Morgan fingerprint density at radius 2 is 1.95 bits per heavy atom. The van der Waals surface area contributed by atoms with E-state index in [0.717, 1.165) is 69.9 Å². The van der Waals surface area contributed by atoms with Crippen molar-refractivity contribution in [2.75, 3.05) is 26.2 Å². The Morgan fingerprint density at radius 1 is 1.18 bits per heavy atom. The van der Waals surface area contributed by atoms with Crippen molar-refractivity contribution >= 4 is 29.9 Å². The number of halogens is 1. The highest BCUT2D eigenvalue weighted by Gasteiger charge is 2.00. The molecule has 0 saturated heterocycles. The van der Waals surface area contributed by atoms with Gasteiger partial charge in [-0.15, -0.1) is 24.0 Å². The molecule has 0 amide bonds. The number of nitrogens with zero attached hydrogens (tertiary/aromatic N) is 1. The average Bonchev–Trinajstić information content (AvgIpc) is 3.01. The Hall–Kier alpha value is -0.760. The smallest absolute Gasteiger partial charge is 0.191 e. The lowest BCUT2D eigenvalue weighted by Crippen LogP contribution is -2.39. The van der Waals surface area contributed by atoms with E-state index >= 15 is 0 Å². The zero-order valence-corrected chi connectivity index (χ0v) is 15.8. The second-order valence-electron chi connectivity index (χ2n) is 5.05. The molecular formula is C16H30IN3O2. The van der Waals surface area contributed by atoms with Gasteiger partial charge in [-0.3, -0.25) is 4.99 Å². The van der Waals surface area contributed by atoms with Crippen LogP contribution in [0.5, 0.6) is 0 Å². The molecule has 0 radical (unpaired) electrons. The quantitative estimate of drug-likeness (QED) is 0.222. The van der Waals surface area contributed by atoms with Crippen molar-refractivity contribution in [2.45, 2.75) is 45.4 Å². The van der Waals surface area contributed by atoms with Crippen molar-refractivity contribution in [1.82, 2.24) is 10.6 Å². The highest BCUT2D eigenvalue weighted by molar-refractivity contribution is 14.0. The molecule has 1 aromatic heterocycles. The molecule has 1 rings (SSSR count). The summed E-state index contributed by atoms with van der Waals surface area (Å²) in [6.45, 7) is 4.99. The van der Waals surface area contributed by atoms with E-state index in [9.17, 15) is 0 Å². The van der Waals surface area contributed by atoms with Crippen LogP contribution in [0.15, 0.2) is 27.8 Å². The molecule has 1 heterocycles. The fourth-order valence-corrected chi connectivity index (χ4v) is 1.95. The molecule has 0 saturated carbocycles. The molecule has 5 nitrogen and oxygen atoms in total. The summed E-state index contributed by atoms with van der Waals surface area (Å²) in [4.78, 5) is 4.52. The van der Waals surface area contributed by atoms with Crippen LogP contribution < -0.4 is 10.6 Å². The highest BCUT2D eigenvalue weighted by Crippen LogP contribution is 2.00. The first-order valence-electron chi connectivity index (χ1n) is 8.02. The van der Waals surface area contributed by atoms with E-state index in [4.69, 9.17) is 9.52 Å². The number of hydrogen-bond donors (Lipinski definition) is 3. The maximum absolute atomic E-state index is 8.73. The Balaban J connectivity index is 0.00000441. The molecule has 6 heteroatoms. The topological polar surface area (TPSA) is 69.8 Å². The van der Waals surface area contributed by atoms with Gasteiger partial charge < -0.3 is 20.2 Å². The van der Waals surface area contributed by atoms with Crippen LogP contribution in [-0.4, -0.2) is 37.3 Å². The van der Waals surface area contributed by atoms with Crippen LogP contribution in [0, 0.1) is 0 Å². The molecule has 0 atom stereocenters. The van der Waals surface area contributed by atoms with Crippen LogP contribution in [0.4, 0.5) is 0 Å². The molecule has 0 aromatic carbocycles. The lowest BCUT2D eigenvalue weighted by molar-refractivity contribution is 0.282. The summed E-state index contributed by atoms with van der Waals surface area (Å²) in [6, 6.07) is 3.89. The summed E-state index contributed by atoms with van der Waals surface area (Å²) in [5, 5.41) is 15.4. The van der Waals surface area contributed by atoms with Gasteiger partial charge in [-0.25, -0.2) is 0 Å². The molecule has 0 bridgehead atoms. The lowest BCUT2D eigenvalue weighted by Gasteiger charge is -2.12. The largest absolute Gasteiger partial charge is 0.469 e. The third kappa shape index (κ3) is 10.9. The van der Waals surface area contributed by atoms with Gasteiger partial charge in [-0.2, -0.15) is 0 Å². The molecule has 22 heavy (non-hydrogen) atoms. The maximum atomic E-state index is 8.73. The van der Waals surface area contributed by atoms with E-state index in [1.807, 2.05) is 12.1 Å². The van der Waals surface area contributed by atoms with Crippen LogP contribution in [0.1, 0.15) is 44.8 Å². The number of unbranched alkanes of at least 4 members (excludes halogenated alkanes) is 3. The number of hydrogen-bond acceptors (Lipinski definition) is 3. The monoisotopic (exact) mass is 423 g/mol. The lowest BCUT2D eigenvalue weighted by atomic mass is 10.2. The third-order valence-electron chi connectivity index (χ3n) is 3.11. The van der Waals surface area contributed by atoms with Gasteiger partial charge in [-0.05, 0) is 31.4 Å². The van der Waals surface area contributed by atoms with Gasteiger partial charge in [0.15, 0.2) is 5.96 Å². The molecule has 0 aliphatic heterocycles. The average molecular weight is 423 g/mol. The molecule has 0 fully saturated rings. The zero-order valence-electron chi connectivity index (χ0n) is 13.5. The standard InChI is InChI=1S/C16H29N3O2.HI/c1-2-10-17-16(18-11-5-3-4-6-13-20)19-12-9-15-8-7-14-21-15;/h7-8,14,20H,2-6,9-13H2,1H3,(H2,17,18,19);1H. The van der Waals surface area contributed by atoms with E-state index in [-0.39, 0.29) is 24.0 Å². The summed E-state index contributed by atoms with van der Waals surface area (Å²) in [6.07, 6.45) is 7.83. The molecule has 0 aliphatic carbocycles. The van der Waals surface area contributed by atoms with Crippen LogP contribution in [0.3, 0.4) is 0 Å².